The lowest BCUT2D eigenvalue weighted by molar-refractivity contribution is -0.392. The molecule has 0 aliphatic rings. The van der Waals surface area contributed by atoms with Crippen LogP contribution >= 0.6 is 0 Å². The summed E-state index contributed by atoms with van der Waals surface area (Å²) in [6, 6.07) is -0.606. The van der Waals surface area contributed by atoms with E-state index in [-0.39, 0.29) is 5.56 Å². The third-order valence-corrected chi connectivity index (χ3v) is 3.28. The zero-order valence-corrected chi connectivity index (χ0v) is 13.1. The molecular weight excluding hydrogens is 425 g/mol. The predicted molar refractivity (Wildman–Crippen MR) is 69.1 cm³/mol. The molecule has 0 saturated carbocycles. The molecule has 0 heterocycles. The maximum Gasteiger partial charge on any atom is 0.460 e. The first kappa shape index (κ1) is 23.9. The van der Waals surface area contributed by atoms with Gasteiger partial charge >= 0.3 is 30.0 Å². The monoisotopic (exact) mass is 434 g/mol. The van der Waals surface area contributed by atoms with Gasteiger partial charge < -0.3 is 14.9 Å². The number of aliphatic hydroxyl groups excluding tert-OH is 2. The molecule has 28 heavy (non-hydrogen) atoms. The van der Waals surface area contributed by atoms with E-state index in [2.05, 4.69) is 4.74 Å². The highest BCUT2D eigenvalue weighted by molar-refractivity contribution is 5.38. The van der Waals surface area contributed by atoms with Crippen molar-refractivity contribution in [3.8, 4) is 5.75 Å². The number of aliphatic hydroxyl groups is 2. The lowest BCUT2D eigenvalue weighted by atomic mass is 10.0. The van der Waals surface area contributed by atoms with Crippen molar-refractivity contribution < 1.29 is 63.2 Å². The number of ether oxygens (including phenoxy) is 1. The fourth-order valence-corrected chi connectivity index (χ4v) is 1.70. The quantitative estimate of drug-likeness (QED) is 0.486. The SMILES string of the molecule is OCc1ccc(CO)c(OC(F)=C(F)C(F)(F)C(F)(F)C(F)(F)C(F)(F)F)c1. The number of allylic oxidation sites excluding steroid dienone is 1. The highest BCUT2D eigenvalue weighted by atomic mass is 19.4. The minimum absolute atomic E-state index is 0.124. The van der Waals surface area contributed by atoms with E-state index in [1.807, 2.05) is 0 Å². The minimum atomic E-state index is -7.42. The summed E-state index contributed by atoms with van der Waals surface area (Å²) in [4.78, 5) is 0. The van der Waals surface area contributed by atoms with Crippen molar-refractivity contribution in [2.24, 2.45) is 0 Å². The van der Waals surface area contributed by atoms with Gasteiger partial charge in [-0.05, 0) is 11.6 Å². The predicted octanol–water partition coefficient (Wildman–Crippen LogP) is 4.63. The Morgan fingerprint density at radius 3 is 1.79 bits per heavy atom. The third kappa shape index (κ3) is 4.01. The normalized spacial score (nSPS) is 14.8. The molecular formula is C14H9F11O3. The van der Waals surface area contributed by atoms with Crippen LogP contribution in [0.15, 0.2) is 30.0 Å². The van der Waals surface area contributed by atoms with Crippen LogP contribution in [0.3, 0.4) is 0 Å². The van der Waals surface area contributed by atoms with Crippen molar-refractivity contribution in [2.45, 2.75) is 37.2 Å². The first-order chi connectivity index (χ1) is 12.5. The average molecular weight is 434 g/mol. The molecule has 0 bridgehead atoms. The summed E-state index contributed by atoms with van der Waals surface area (Å²) in [5.74, 6) is -26.9. The summed E-state index contributed by atoms with van der Waals surface area (Å²) in [5, 5.41) is 17.8. The van der Waals surface area contributed by atoms with Crippen molar-refractivity contribution in [3.05, 3.63) is 41.2 Å². The van der Waals surface area contributed by atoms with Crippen LogP contribution in [0.5, 0.6) is 5.75 Å². The molecule has 0 fully saturated rings. The van der Waals surface area contributed by atoms with E-state index in [1.165, 1.54) is 0 Å². The Morgan fingerprint density at radius 1 is 0.821 bits per heavy atom. The van der Waals surface area contributed by atoms with Crippen LogP contribution < -0.4 is 4.74 Å². The van der Waals surface area contributed by atoms with Crippen molar-refractivity contribution in [1.29, 1.82) is 0 Å². The van der Waals surface area contributed by atoms with Crippen LogP contribution in [-0.4, -0.2) is 34.2 Å². The van der Waals surface area contributed by atoms with Gasteiger partial charge in [-0.3, -0.25) is 0 Å². The van der Waals surface area contributed by atoms with Crippen molar-refractivity contribution in [3.63, 3.8) is 0 Å². The van der Waals surface area contributed by atoms with E-state index < -0.39 is 60.3 Å². The van der Waals surface area contributed by atoms with E-state index in [9.17, 15) is 48.3 Å². The van der Waals surface area contributed by atoms with Crippen LogP contribution in [0.4, 0.5) is 48.3 Å². The first-order valence-electron chi connectivity index (χ1n) is 6.81. The molecule has 0 saturated heterocycles. The summed E-state index contributed by atoms with van der Waals surface area (Å²) >= 11 is 0. The van der Waals surface area contributed by atoms with E-state index in [0.29, 0.717) is 6.07 Å². The van der Waals surface area contributed by atoms with Crippen LogP contribution in [0.2, 0.25) is 0 Å². The molecule has 2 N–H and O–H groups in total. The Hall–Kier alpha value is -2.09. The van der Waals surface area contributed by atoms with E-state index >= 15 is 0 Å². The Balaban J connectivity index is 3.40. The molecule has 1 rings (SSSR count). The molecule has 0 spiro atoms. The molecule has 0 aliphatic heterocycles. The Kier molecular flexibility index (Phi) is 6.62. The van der Waals surface area contributed by atoms with Crippen LogP contribution in [0.1, 0.15) is 11.1 Å². The van der Waals surface area contributed by atoms with Gasteiger partial charge in [0.25, 0.3) is 0 Å². The summed E-state index contributed by atoms with van der Waals surface area (Å²) < 4.78 is 145. The van der Waals surface area contributed by atoms with E-state index in [1.54, 1.807) is 0 Å². The number of hydrogen-bond acceptors (Lipinski definition) is 3. The molecule has 160 valence electrons. The largest absolute Gasteiger partial charge is 0.460 e. The maximum absolute atomic E-state index is 13.5. The molecule has 0 amide bonds. The first-order valence-corrected chi connectivity index (χ1v) is 6.81. The van der Waals surface area contributed by atoms with Gasteiger partial charge in [-0.1, -0.05) is 12.1 Å². The van der Waals surface area contributed by atoms with Gasteiger partial charge in [0, 0.05) is 5.56 Å². The average Bonchev–Trinajstić information content (AvgIpc) is 2.59. The number of alkyl halides is 9. The maximum atomic E-state index is 13.5. The van der Waals surface area contributed by atoms with Gasteiger partial charge in [0.15, 0.2) is 0 Å². The van der Waals surface area contributed by atoms with Gasteiger partial charge in [0.2, 0.25) is 5.83 Å². The standard InChI is InChI=1S/C14H9F11O3/c15-9(11(17,18)12(19,20)13(21,22)14(23,24)25)10(16)28-8-3-6(4-26)1-2-7(8)5-27/h1-3,26-27H,4-5H2. The molecule has 0 atom stereocenters. The van der Waals surface area contributed by atoms with Gasteiger partial charge in [0.1, 0.15) is 5.75 Å². The molecule has 3 nitrogen and oxygen atoms in total. The van der Waals surface area contributed by atoms with E-state index in [4.69, 9.17) is 10.2 Å². The zero-order chi connectivity index (χ0) is 22.1. The molecule has 14 heteroatoms. The molecule has 0 aromatic heterocycles. The number of benzene rings is 1. The number of hydrogen-bond donors (Lipinski definition) is 2. The van der Waals surface area contributed by atoms with Gasteiger partial charge in [-0.25, -0.2) is 0 Å². The Morgan fingerprint density at radius 2 is 1.36 bits per heavy atom. The summed E-state index contributed by atoms with van der Waals surface area (Å²) in [6.07, 6.45) is -7.21. The van der Waals surface area contributed by atoms with Crippen LogP contribution in [-0.2, 0) is 13.2 Å². The van der Waals surface area contributed by atoms with Gasteiger partial charge in [-0.2, -0.15) is 48.3 Å². The van der Waals surface area contributed by atoms with Gasteiger partial charge in [-0.15, -0.1) is 0 Å². The lowest BCUT2D eigenvalue weighted by Crippen LogP contribution is -2.61. The molecule has 0 unspecified atom stereocenters. The topological polar surface area (TPSA) is 49.7 Å². The summed E-state index contributed by atoms with van der Waals surface area (Å²) in [6.45, 7) is -1.75. The number of halogens is 11. The van der Waals surface area contributed by atoms with Crippen molar-refractivity contribution in [1.82, 2.24) is 0 Å². The Labute approximate surface area is 148 Å². The molecule has 1 aromatic carbocycles. The molecule has 0 aliphatic carbocycles. The minimum Gasteiger partial charge on any atom is -0.429 e. The fourth-order valence-electron chi connectivity index (χ4n) is 1.70. The Bertz CT molecular complexity index is 741. The van der Waals surface area contributed by atoms with Crippen LogP contribution in [0.25, 0.3) is 0 Å². The third-order valence-electron chi connectivity index (χ3n) is 3.28. The fraction of sp³-hybridized carbons (Fsp3) is 0.429. The number of rotatable bonds is 7. The van der Waals surface area contributed by atoms with Gasteiger partial charge in [0.05, 0.1) is 13.2 Å². The smallest absolute Gasteiger partial charge is 0.429 e. The summed E-state index contributed by atoms with van der Waals surface area (Å²) in [5.41, 5.74) is -0.572. The second-order valence-electron chi connectivity index (χ2n) is 5.17. The van der Waals surface area contributed by atoms with Crippen molar-refractivity contribution in [2.75, 3.05) is 0 Å². The highest BCUT2D eigenvalue weighted by Crippen LogP contribution is 2.55. The summed E-state index contributed by atoms with van der Waals surface area (Å²) in [7, 11) is 0. The highest BCUT2D eigenvalue weighted by Gasteiger charge is 2.83. The second kappa shape index (κ2) is 7.73. The van der Waals surface area contributed by atoms with Crippen LogP contribution in [0, 0.1) is 0 Å². The molecule has 1 aromatic rings. The lowest BCUT2D eigenvalue weighted by Gasteiger charge is -2.32. The second-order valence-corrected chi connectivity index (χ2v) is 5.17. The van der Waals surface area contributed by atoms with E-state index in [0.717, 1.165) is 12.1 Å². The molecule has 0 radical (unpaired) electrons. The zero-order valence-electron chi connectivity index (χ0n) is 13.1. The van der Waals surface area contributed by atoms with Crippen molar-refractivity contribution >= 4 is 0 Å².